The molecule has 0 radical (unpaired) electrons. The van der Waals surface area contributed by atoms with Crippen molar-refractivity contribution in [3.05, 3.63) is 58.3 Å². The molecule has 2 aromatic rings. The Balaban J connectivity index is 1.86. The van der Waals surface area contributed by atoms with Crippen molar-refractivity contribution < 1.29 is 9.13 Å². The highest BCUT2D eigenvalue weighted by molar-refractivity contribution is 9.10. The fourth-order valence-electron chi connectivity index (χ4n) is 2.19. The maximum Gasteiger partial charge on any atom is 0.142 e. The van der Waals surface area contributed by atoms with E-state index in [-0.39, 0.29) is 11.9 Å². The Kier molecular flexibility index (Phi) is 4.01. The van der Waals surface area contributed by atoms with Crippen molar-refractivity contribution in [2.45, 2.75) is 17.0 Å². The molecule has 0 aromatic heterocycles. The first-order chi connectivity index (χ1) is 9.66. The van der Waals surface area contributed by atoms with E-state index in [2.05, 4.69) is 15.9 Å². The average Bonchev–Trinajstić information content (AvgIpc) is 2.49. The van der Waals surface area contributed by atoms with Crippen LogP contribution >= 0.6 is 27.7 Å². The number of hydrogen-bond acceptors (Lipinski definition) is 3. The number of benzene rings is 2. The smallest absolute Gasteiger partial charge is 0.142 e. The predicted molar refractivity (Wildman–Crippen MR) is 82.6 cm³/mol. The minimum absolute atomic E-state index is 0.237. The number of nitrogens with two attached hydrogens (primary N) is 1. The van der Waals surface area contributed by atoms with Crippen LogP contribution in [-0.4, -0.2) is 11.9 Å². The lowest BCUT2D eigenvalue weighted by Gasteiger charge is -2.30. The summed E-state index contributed by atoms with van der Waals surface area (Å²) in [5, 5.41) is 0. The maximum absolute atomic E-state index is 14.1. The molecule has 0 bridgehead atoms. The van der Waals surface area contributed by atoms with Crippen LogP contribution in [0.3, 0.4) is 0 Å². The van der Waals surface area contributed by atoms with E-state index in [9.17, 15) is 4.39 Å². The van der Waals surface area contributed by atoms with E-state index in [0.29, 0.717) is 15.8 Å². The summed E-state index contributed by atoms with van der Waals surface area (Å²) in [6, 6.07) is 12.5. The van der Waals surface area contributed by atoms with E-state index in [0.717, 1.165) is 10.6 Å². The van der Waals surface area contributed by atoms with Crippen LogP contribution in [0.4, 0.5) is 4.39 Å². The first-order valence-corrected chi connectivity index (χ1v) is 8.02. The summed E-state index contributed by atoms with van der Waals surface area (Å²) in [5.74, 6) is 1.22. The molecule has 3 rings (SSSR count). The quantitative estimate of drug-likeness (QED) is 0.880. The first-order valence-electron chi connectivity index (χ1n) is 6.25. The van der Waals surface area contributed by atoms with E-state index in [1.807, 2.05) is 24.3 Å². The molecule has 0 saturated heterocycles. The number of para-hydroxylation sites is 1. The summed E-state index contributed by atoms with van der Waals surface area (Å²) in [7, 11) is 0. The molecule has 2 unspecified atom stereocenters. The van der Waals surface area contributed by atoms with Gasteiger partial charge in [0.25, 0.3) is 0 Å². The number of rotatable bonds is 2. The molecule has 2 N–H and O–H groups in total. The molecule has 2 atom stereocenters. The zero-order valence-electron chi connectivity index (χ0n) is 10.6. The van der Waals surface area contributed by atoms with Gasteiger partial charge in [-0.15, -0.1) is 11.8 Å². The third-order valence-corrected chi connectivity index (χ3v) is 5.03. The van der Waals surface area contributed by atoms with Gasteiger partial charge in [-0.1, -0.05) is 24.3 Å². The highest BCUT2D eigenvalue weighted by Gasteiger charge is 2.28. The molecular weight excluding hydrogens is 341 g/mol. The van der Waals surface area contributed by atoms with Gasteiger partial charge in [0.05, 0.1) is 10.5 Å². The van der Waals surface area contributed by atoms with Crippen LogP contribution in [0.1, 0.15) is 11.6 Å². The van der Waals surface area contributed by atoms with E-state index in [1.54, 1.807) is 30.0 Å². The topological polar surface area (TPSA) is 35.2 Å². The Morgan fingerprint density at radius 3 is 2.90 bits per heavy atom. The van der Waals surface area contributed by atoms with Gasteiger partial charge in [-0.3, -0.25) is 0 Å². The number of thioether (sulfide) groups is 1. The molecule has 2 aromatic carbocycles. The summed E-state index contributed by atoms with van der Waals surface area (Å²) >= 11 is 4.88. The van der Waals surface area contributed by atoms with Gasteiger partial charge >= 0.3 is 0 Å². The van der Waals surface area contributed by atoms with Gasteiger partial charge < -0.3 is 10.5 Å². The molecule has 1 aliphatic rings. The number of halogens is 2. The van der Waals surface area contributed by atoms with Crippen LogP contribution in [-0.2, 0) is 0 Å². The van der Waals surface area contributed by atoms with Crippen LogP contribution < -0.4 is 10.5 Å². The van der Waals surface area contributed by atoms with Gasteiger partial charge in [-0.05, 0) is 34.1 Å². The van der Waals surface area contributed by atoms with Crippen molar-refractivity contribution in [2.75, 3.05) is 5.75 Å². The molecule has 0 spiro atoms. The van der Waals surface area contributed by atoms with E-state index < -0.39 is 6.04 Å². The summed E-state index contributed by atoms with van der Waals surface area (Å²) in [5.41, 5.74) is 6.67. The van der Waals surface area contributed by atoms with Crippen molar-refractivity contribution >= 4 is 27.7 Å². The second kappa shape index (κ2) is 5.76. The zero-order valence-corrected chi connectivity index (χ0v) is 13.0. The van der Waals surface area contributed by atoms with Crippen molar-refractivity contribution in [3.63, 3.8) is 0 Å². The lowest BCUT2D eigenvalue weighted by Crippen LogP contribution is -2.36. The Bertz CT molecular complexity index is 637. The largest absolute Gasteiger partial charge is 0.486 e. The Hall–Kier alpha value is -1.04. The van der Waals surface area contributed by atoms with Crippen LogP contribution in [0.25, 0.3) is 0 Å². The number of hydrogen-bond donors (Lipinski definition) is 1. The van der Waals surface area contributed by atoms with Gasteiger partial charge in [-0.2, -0.15) is 0 Å². The molecule has 5 heteroatoms. The summed E-state index contributed by atoms with van der Waals surface area (Å²) in [6.07, 6.45) is -0.237. The number of fused-ring (bicyclic) bond motifs is 1. The molecule has 2 nitrogen and oxygen atoms in total. The normalized spacial score (nSPS) is 19.1. The molecule has 104 valence electrons. The Labute approximate surface area is 129 Å². The first kappa shape index (κ1) is 13.9. The standard InChI is InChI=1S/C15H13BrFNOS/c16-10-5-3-4-9(14(10)17)15(18)12-8-20-13-7-2-1-6-11(13)19-12/h1-7,12,15H,8,18H2. The fourth-order valence-corrected chi connectivity index (χ4v) is 3.62. The van der Waals surface area contributed by atoms with E-state index in [4.69, 9.17) is 10.5 Å². The summed E-state index contributed by atoms with van der Waals surface area (Å²) in [6.45, 7) is 0. The summed E-state index contributed by atoms with van der Waals surface area (Å²) < 4.78 is 20.5. The molecular formula is C15H13BrFNOS. The number of ether oxygens (including phenoxy) is 1. The molecule has 0 aliphatic carbocycles. The van der Waals surface area contributed by atoms with Gasteiger partial charge in [0.2, 0.25) is 0 Å². The molecule has 20 heavy (non-hydrogen) atoms. The van der Waals surface area contributed by atoms with Gasteiger partial charge in [0, 0.05) is 16.2 Å². The predicted octanol–water partition coefficient (Wildman–Crippen LogP) is 4.14. The maximum atomic E-state index is 14.1. The Morgan fingerprint density at radius 2 is 2.05 bits per heavy atom. The zero-order chi connectivity index (χ0) is 14.1. The van der Waals surface area contributed by atoms with Gasteiger partial charge in [0.1, 0.15) is 17.7 Å². The van der Waals surface area contributed by atoms with Gasteiger partial charge in [-0.25, -0.2) is 4.39 Å². The van der Waals surface area contributed by atoms with Crippen molar-refractivity contribution in [3.8, 4) is 5.75 Å². The molecule has 1 heterocycles. The van der Waals surface area contributed by atoms with E-state index in [1.165, 1.54) is 0 Å². The third kappa shape index (κ3) is 2.57. The summed E-state index contributed by atoms with van der Waals surface area (Å²) in [4.78, 5) is 1.10. The fraction of sp³-hybridized carbons (Fsp3) is 0.200. The Morgan fingerprint density at radius 1 is 1.25 bits per heavy atom. The molecule has 0 saturated carbocycles. The SMILES string of the molecule is NC(c1cccc(Br)c1F)C1CSc2ccccc2O1. The lowest BCUT2D eigenvalue weighted by atomic mass is 10.0. The monoisotopic (exact) mass is 353 g/mol. The second-order valence-corrected chi connectivity index (χ2v) is 6.50. The van der Waals surface area contributed by atoms with Crippen molar-refractivity contribution in [2.24, 2.45) is 5.73 Å². The molecule has 1 aliphatic heterocycles. The van der Waals surface area contributed by atoms with Crippen molar-refractivity contribution in [1.82, 2.24) is 0 Å². The van der Waals surface area contributed by atoms with Crippen molar-refractivity contribution in [1.29, 1.82) is 0 Å². The minimum Gasteiger partial charge on any atom is -0.486 e. The minimum atomic E-state index is -0.492. The average molecular weight is 354 g/mol. The van der Waals surface area contributed by atoms with Crippen LogP contribution in [0.2, 0.25) is 0 Å². The van der Waals surface area contributed by atoms with Crippen LogP contribution in [0.15, 0.2) is 51.8 Å². The van der Waals surface area contributed by atoms with Crippen LogP contribution in [0.5, 0.6) is 5.75 Å². The second-order valence-electron chi connectivity index (χ2n) is 4.58. The lowest BCUT2D eigenvalue weighted by molar-refractivity contribution is 0.183. The molecule has 0 amide bonds. The van der Waals surface area contributed by atoms with Crippen LogP contribution in [0, 0.1) is 5.82 Å². The van der Waals surface area contributed by atoms with Gasteiger partial charge in [0.15, 0.2) is 0 Å². The highest BCUT2D eigenvalue weighted by atomic mass is 79.9. The highest BCUT2D eigenvalue weighted by Crippen LogP contribution is 2.38. The third-order valence-electron chi connectivity index (χ3n) is 3.27. The molecule has 0 fully saturated rings. The van der Waals surface area contributed by atoms with E-state index >= 15 is 0 Å².